The van der Waals surface area contributed by atoms with E-state index in [1.807, 2.05) is 12.4 Å². The van der Waals surface area contributed by atoms with Crippen molar-refractivity contribution in [3.8, 4) is 0 Å². The summed E-state index contributed by atoms with van der Waals surface area (Å²) in [6, 6.07) is 2.12. The molecule has 0 radical (unpaired) electrons. The van der Waals surface area contributed by atoms with Gasteiger partial charge in [0.1, 0.15) is 0 Å². The van der Waals surface area contributed by atoms with E-state index in [2.05, 4.69) is 72.4 Å². The van der Waals surface area contributed by atoms with Crippen molar-refractivity contribution in [3.63, 3.8) is 0 Å². The normalized spacial score (nSPS) is 20.1. The smallest absolute Gasteiger partial charge is 0.191 e. The van der Waals surface area contributed by atoms with E-state index in [0.29, 0.717) is 11.0 Å². The van der Waals surface area contributed by atoms with Crippen molar-refractivity contribution < 1.29 is 4.43 Å². The molecule has 21 heavy (non-hydrogen) atoms. The van der Waals surface area contributed by atoms with Crippen LogP contribution in [-0.2, 0) is 4.43 Å². The van der Waals surface area contributed by atoms with Crippen molar-refractivity contribution in [2.75, 3.05) is 24.6 Å². The molecule has 2 heterocycles. The zero-order valence-corrected chi connectivity index (χ0v) is 17.0. The van der Waals surface area contributed by atoms with Crippen LogP contribution >= 0.6 is 22.6 Å². The Morgan fingerprint density at radius 1 is 1.43 bits per heavy atom. The van der Waals surface area contributed by atoms with Crippen LogP contribution in [0.2, 0.25) is 18.1 Å². The molecule has 0 N–H and O–H groups in total. The largest absolute Gasteiger partial charge is 0.416 e. The quantitative estimate of drug-likeness (QED) is 0.531. The number of pyridine rings is 1. The van der Waals surface area contributed by atoms with Crippen LogP contribution in [0.15, 0.2) is 18.5 Å². The maximum absolute atomic E-state index is 6.39. The molecule has 1 saturated heterocycles. The third kappa shape index (κ3) is 4.19. The summed E-state index contributed by atoms with van der Waals surface area (Å²) in [6.07, 6.45) is 5.05. The number of aromatic nitrogens is 1. The summed E-state index contributed by atoms with van der Waals surface area (Å²) in [5, 5.41) is 0.297. The molecule has 2 rings (SSSR count). The summed E-state index contributed by atoms with van der Waals surface area (Å²) in [7, 11) is -1.61. The molecule has 5 heteroatoms. The molecule has 1 aromatic heterocycles. The molecule has 1 aromatic rings. The Morgan fingerprint density at radius 3 is 2.76 bits per heavy atom. The highest BCUT2D eigenvalue weighted by Gasteiger charge is 2.38. The van der Waals surface area contributed by atoms with Gasteiger partial charge in [-0.2, -0.15) is 0 Å². The lowest BCUT2D eigenvalue weighted by Crippen LogP contribution is -2.42. The zero-order valence-electron chi connectivity index (χ0n) is 13.8. The maximum Gasteiger partial charge on any atom is 0.191 e. The SMILES string of the molecule is CC(C)(C)[Si](C)(C)OC[C@H]1CCN(c2ccncc2I)C1. The van der Waals surface area contributed by atoms with Gasteiger partial charge in [-0.15, -0.1) is 0 Å². The van der Waals surface area contributed by atoms with Gasteiger partial charge in [-0.25, -0.2) is 0 Å². The standard InChI is InChI=1S/C16H27IN2OSi/c1-16(2,3)21(4,5)20-12-13-7-9-19(11-13)15-6-8-18-10-14(15)17/h6,8,10,13H,7,9,11-12H2,1-5H3/t13-/m0/s1. The van der Waals surface area contributed by atoms with E-state index in [4.69, 9.17) is 4.43 Å². The fourth-order valence-corrected chi connectivity index (χ4v) is 4.12. The van der Waals surface area contributed by atoms with Crippen LogP contribution in [0, 0.1) is 9.49 Å². The molecule has 1 aliphatic heterocycles. The minimum atomic E-state index is -1.61. The fourth-order valence-electron chi connectivity index (χ4n) is 2.35. The summed E-state index contributed by atoms with van der Waals surface area (Å²) in [5.74, 6) is 0.656. The third-order valence-electron chi connectivity index (χ3n) is 4.86. The fraction of sp³-hybridized carbons (Fsp3) is 0.688. The van der Waals surface area contributed by atoms with Crippen molar-refractivity contribution in [1.82, 2.24) is 4.98 Å². The van der Waals surface area contributed by atoms with Gasteiger partial charge in [0.15, 0.2) is 8.32 Å². The number of halogens is 1. The van der Waals surface area contributed by atoms with Crippen molar-refractivity contribution in [2.24, 2.45) is 5.92 Å². The number of hydrogen-bond donors (Lipinski definition) is 0. The van der Waals surface area contributed by atoms with Gasteiger partial charge in [-0.05, 0) is 53.2 Å². The topological polar surface area (TPSA) is 25.4 Å². The minimum absolute atomic E-state index is 0.297. The number of anilines is 1. The van der Waals surface area contributed by atoms with E-state index in [9.17, 15) is 0 Å². The Kier molecular flexibility index (Phi) is 5.36. The molecule has 0 aliphatic carbocycles. The predicted octanol–water partition coefficient (Wildman–Crippen LogP) is 4.53. The highest BCUT2D eigenvalue weighted by Crippen LogP contribution is 2.37. The zero-order chi connectivity index (χ0) is 15.7. The summed E-state index contributed by atoms with van der Waals surface area (Å²) < 4.78 is 7.63. The number of hydrogen-bond acceptors (Lipinski definition) is 3. The Hall–Kier alpha value is -0.143. The Balaban J connectivity index is 1.91. The molecule has 0 amide bonds. The van der Waals surface area contributed by atoms with Crippen LogP contribution in [0.25, 0.3) is 0 Å². The summed E-state index contributed by atoms with van der Waals surface area (Å²) in [4.78, 5) is 6.65. The second kappa shape index (κ2) is 6.54. The highest BCUT2D eigenvalue weighted by molar-refractivity contribution is 14.1. The summed E-state index contributed by atoms with van der Waals surface area (Å²) >= 11 is 2.37. The van der Waals surface area contributed by atoms with Crippen molar-refractivity contribution in [2.45, 2.75) is 45.3 Å². The molecule has 0 saturated carbocycles. The number of rotatable bonds is 4. The molecule has 1 aliphatic rings. The van der Waals surface area contributed by atoms with Gasteiger partial charge in [0.05, 0.1) is 9.26 Å². The van der Waals surface area contributed by atoms with E-state index in [1.54, 1.807) is 0 Å². The van der Waals surface area contributed by atoms with Gasteiger partial charge < -0.3 is 9.33 Å². The first kappa shape index (κ1) is 17.2. The van der Waals surface area contributed by atoms with E-state index in [0.717, 1.165) is 19.7 Å². The molecular formula is C16H27IN2OSi. The van der Waals surface area contributed by atoms with Gasteiger partial charge in [0, 0.05) is 38.0 Å². The van der Waals surface area contributed by atoms with Gasteiger partial charge in [0.25, 0.3) is 0 Å². The van der Waals surface area contributed by atoms with Crippen LogP contribution in [0.4, 0.5) is 5.69 Å². The molecule has 0 spiro atoms. The second-order valence-corrected chi connectivity index (χ2v) is 13.5. The van der Waals surface area contributed by atoms with Gasteiger partial charge in [-0.1, -0.05) is 20.8 Å². The minimum Gasteiger partial charge on any atom is -0.416 e. The molecule has 3 nitrogen and oxygen atoms in total. The monoisotopic (exact) mass is 418 g/mol. The van der Waals surface area contributed by atoms with Crippen LogP contribution in [0.3, 0.4) is 0 Å². The molecule has 0 unspecified atom stereocenters. The van der Waals surface area contributed by atoms with Crippen LogP contribution in [-0.4, -0.2) is 33.0 Å². The molecule has 0 aromatic carbocycles. The first-order valence-electron chi connectivity index (χ1n) is 7.69. The average molecular weight is 418 g/mol. The summed E-state index contributed by atoms with van der Waals surface area (Å²) in [6.45, 7) is 14.7. The lowest BCUT2D eigenvalue weighted by Gasteiger charge is -2.37. The highest BCUT2D eigenvalue weighted by atomic mass is 127. The van der Waals surface area contributed by atoms with E-state index < -0.39 is 8.32 Å². The van der Waals surface area contributed by atoms with Crippen LogP contribution in [0.5, 0.6) is 0 Å². The van der Waals surface area contributed by atoms with Gasteiger partial charge in [0.2, 0.25) is 0 Å². The first-order chi connectivity index (χ1) is 9.71. The number of nitrogens with zero attached hydrogens (tertiary/aromatic N) is 2. The Morgan fingerprint density at radius 2 is 2.14 bits per heavy atom. The maximum atomic E-state index is 6.39. The van der Waals surface area contributed by atoms with E-state index in [1.165, 1.54) is 15.7 Å². The Bertz CT molecular complexity index is 487. The van der Waals surface area contributed by atoms with Crippen LogP contribution in [0.1, 0.15) is 27.2 Å². The first-order valence-corrected chi connectivity index (χ1v) is 11.7. The molecule has 0 bridgehead atoms. The lowest BCUT2D eigenvalue weighted by molar-refractivity contribution is 0.238. The van der Waals surface area contributed by atoms with Crippen molar-refractivity contribution in [3.05, 3.63) is 22.0 Å². The van der Waals surface area contributed by atoms with Crippen LogP contribution < -0.4 is 4.90 Å². The van der Waals surface area contributed by atoms with Crippen molar-refractivity contribution in [1.29, 1.82) is 0 Å². The molecule has 118 valence electrons. The summed E-state index contributed by atoms with van der Waals surface area (Å²) in [5.41, 5.74) is 1.32. The molecule has 1 atom stereocenters. The second-order valence-electron chi connectivity index (χ2n) is 7.50. The third-order valence-corrected chi connectivity index (χ3v) is 10.2. The van der Waals surface area contributed by atoms with Gasteiger partial charge >= 0.3 is 0 Å². The lowest BCUT2D eigenvalue weighted by atomic mass is 10.1. The predicted molar refractivity (Wildman–Crippen MR) is 100 cm³/mol. The molecule has 1 fully saturated rings. The average Bonchev–Trinajstić information content (AvgIpc) is 2.84. The van der Waals surface area contributed by atoms with E-state index in [-0.39, 0.29) is 0 Å². The molecular weight excluding hydrogens is 391 g/mol. The van der Waals surface area contributed by atoms with Gasteiger partial charge in [-0.3, -0.25) is 4.98 Å². The Labute approximate surface area is 143 Å². The van der Waals surface area contributed by atoms with Crippen molar-refractivity contribution >= 4 is 36.6 Å². The van der Waals surface area contributed by atoms with E-state index >= 15 is 0 Å².